The Kier molecular flexibility index (Phi) is 6.77. The summed E-state index contributed by atoms with van der Waals surface area (Å²) in [5.41, 5.74) is 5.44. The van der Waals surface area contributed by atoms with Gasteiger partial charge in [-0.05, 0) is 30.5 Å². The molecule has 0 saturated heterocycles. The van der Waals surface area contributed by atoms with E-state index in [9.17, 15) is 14.4 Å². The number of benzene rings is 1. The van der Waals surface area contributed by atoms with Crippen molar-refractivity contribution in [1.29, 1.82) is 5.26 Å². The Morgan fingerprint density at radius 2 is 2.07 bits per heavy atom. The lowest BCUT2D eigenvalue weighted by molar-refractivity contribution is 0.0986. The smallest absolute Gasteiger partial charge is 0.330 e. The van der Waals surface area contributed by atoms with Gasteiger partial charge in [-0.3, -0.25) is 19.1 Å². The summed E-state index contributed by atoms with van der Waals surface area (Å²) in [5.74, 6) is -0.369. The molecule has 0 unspecified atom stereocenters. The van der Waals surface area contributed by atoms with Gasteiger partial charge >= 0.3 is 5.69 Å². The van der Waals surface area contributed by atoms with Crippen LogP contribution in [0.2, 0.25) is 0 Å². The lowest BCUT2D eigenvalue weighted by atomic mass is 10.1. The normalized spacial score (nSPS) is 10.7. The van der Waals surface area contributed by atoms with Gasteiger partial charge in [0, 0.05) is 18.7 Å². The fourth-order valence-corrected chi connectivity index (χ4v) is 2.89. The second-order valence-electron chi connectivity index (χ2n) is 7.00. The minimum atomic E-state index is -0.705. The molecule has 0 radical (unpaired) electrons. The molecule has 28 heavy (non-hydrogen) atoms. The lowest BCUT2D eigenvalue weighted by Gasteiger charge is -2.25. The average Bonchev–Trinajstić information content (AvgIpc) is 2.66. The number of unbranched alkanes of at least 4 members (excludes halogenated alkanes) is 1. The van der Waals surface area contributed by atoms with Gasteiger partial charge in [0.05, 0.1) is 11.6 Å². The topological polar surface area (TPSA) is 125 Å². The molecule has 8 nitrogen and oxygen atoms in total. The number of hydrogen-bond donors (Lipinski definition) is 2. The van der Waals surface area contributed by atoms with E-state index < -0.39 is 17.2 Å². The van der Waals surface area contributed by atoms with Crippen LogP contribution in [0.25, 0.3) is 0 Å². The third kappa shape index (κ3) is 4.49. The molecule has 2 rings (SSSR count). The number of nitriles is 1. The molecule has 3 N–H and O–H groups in total. The number of aromatic amines is 1. The summed E-state index contributed by atoms with van der Waals surface area (Å²) in [6.07, 6.45) is 1.44. The maximum absolute atomic E-state index is 13.2. The molecule has 0 bridgehead atoms. The van der Waals surface area contributed by atoms with Crippen LogP contribution in [0.3, 0.4) is 0 Å². The molecule has 0 atom stereocenters. The van der Waals surface area contributed by atoms with Crippen LogP contribution in [-0.4, -0.2) is 22.0 Å². The van der Waals surface area contributed by atoms with Crippen molar-refractivity contribution < 1.29 is 4.79 Å². The standard InChI is InChI=1S/C20H25N5O3/c1-4-5-9-24(19(27)15-8-6-7-14(10-15)11-21)16-17(22)25(12-13(2)3)20(28)23-18(16)26/h6-8,10,13H,4-5,9,12,22H2,1-3H3,(H,23,26,28). The third-order valence-corrected chi connectivity index (χ3v) is 4.25. The Labute approximate surface area is 163 Å². The minimum absolute atomic E-state index is 0.0386. The maximum atomic E-state index is 13.2. The summed E-state index contributed by atoms with van der Waals surface area (Å²) < 4.78 is 1.28. The van der Waals surface area contributed by atoms with Crippen molar-refractivity contribution >= 4 is 17.4 Å². The van der Waals surface area contributed by atoms with E-state index in [0.29, 0.717) is 18.5 Å². The quantitative estimate of drug-likeness (QED) is 0.757. The zero-order valence-electron chi connectivity index (χ0n) is 16.4. The Morgan fingerprint density at radius 1 is 1.36 bits per heavy atom. The van der Waals surface area contributed by atoms with Crippen LogP contribution < -0.4 is 21.9 Å². The number of nitrogen functional groups attached to an aromatic ring is 1. The van der Waals surface area contributed by atoms with Crippen molar-refractivity contribution in [3.63, 3.8) is 0 Å². The van der Waals surface area contributed by atoms with Crippen LogP contribution >= 0.6 is 0 Å². The second kappa shape index (κ2) is 9.04. The highest BCUT2D eigenvalue weighted by atomic mass is 16.2. The van der Waals surface area contributed by atoms with Crippen LogP contribution in [0.1, 0.15) is 49.5 Å². The first kappa shape index (κ1) is 21.0. The number of nitrogens with two attached hydrogens (primary N) is 1. The largest absolute Gasteiger partial charge is 0.383 e. The minimum Gasteiger partial charge on any atom is -0.383 e. The van der Waals surface area contributed by atoms with Crippen molar-refractivity contribution in [2.45, 2.75) is 40.2 Å². The van der Waals surface area contributed by atoms with E-state index in [-0.39, 0.29) is 29.5 Å². The molecular weight excluding hydrogens is 358 g/mol. The zero-order valence-corrected chi connectivity index (χ0v) is 16.4. The number of carbonyl (C=O) groups is 1. The van der Waals surface area contributed by atoms with Crippen molar-refractivity contribution in [3.8, 4) is 6.07 Å². The first-order valence-electron chi connectivity index (χ1n) is 9.24. The first-order chi connectivity index (χ1) is 13.3. The van der Waals surface area contributed by atoms with E-state index >= 15 is 0 Å². The molecule has 0 aliphatic heterocycles. The number of nitrogens with one attached hydrogen (secondary N) is 1. The lowest BCUT2D eigenvalue weighted by Crippen LogP contribution is -2.42. The first-order valence-corrected chi connectivity index (χ1v) is 9.24. The number of H-pyrrole nitrogens is 1. The monoisotopic (exact) mass is 383 g/mol. The van der Waals surface area contributed by atoms with Crippen molar-refractivity contribution in [3.05, 3.63) is 56.2 Å². The Hall–Kier alpha value is -3.34. The SMILES string of the molecule is CCCCN(C(=O)c1cccc(C#N)c1)c1c(N)n(CC(C)C)c(=O)[nH]c1=O. The molecule has 0 spiro atoms. The average molecular weight is 383 g/mol. The van der Waals surface area contributed by atoms with E-state index in [4.69, 9.17) is 11.0 Å². The summed E-state index contributed by atoms with van der Waals surface area (Å²) >= 11 is 0. The fourth-order valence-electron chi connectivity index (χ4n) is 2.89. The predicted molar refractivity (Wildman–Crippen MR) is 108 cm³/mol. The van der Waals surface area contributed by atoms with Crippen LogP contribution in [0.15, 0.2) is 33.9 Å². The molecule has 1 amide bonds. The molecule has 0 fully saturated rings. The molecule has 148 valence electrons. The highest BCUT2D eigenvalue weighted by Crippen LogP contribution is 2.21. The Balaban J connectivity index is 2.62. The molecule has 1 aromatic carbocycles. The third-order valence-electron chi connectivity index (χ3n) is 4.25. The Morgan fingerprint density at radius 3 is 2.68 bits per heavy atom. The number of aromatic nitrogens is 2. The number of carbonyl (C=O) groups excluding carboxylic acids is 1. The van der Waals surface area contributed by atoms with Gasteiger partial charge in [-0.25, -0.2) is 4.79 Å². The van der Waals surface area contributed by atoms with Gasteiger partial charge in [-0.15, -0.1) is 0 Å². The fraction of sp³-hybridized carbons (Fsp3) is 0.400. The van der Waals surface area contributed by atoms with Gasteiger partial charge in [0.2, 0.25) is 0 Å². The summed E-state index contributed by atoms with van der Waals surface area (Å²) in [6, 6.07) is 8.25. The number of nitrogens with zero attached hydrogens (tertiary/aromatic N) is 3. The van der Waals surface area contributed by atoms with Crippen molar-refractivity contribution in [2.75, 3.05) is 17.2 Å². The van der Waals surface area contributed by atoms with E-state index in [1.165, 1.54) is 15.5 Å². The summed E-state index contributed by atoms with van der Waals surface area (Å²) in [7, 11) is 0. The molecule has 2 aromatic rings. The number of anilines is 2. The van der Waals surface area contributed by atoms with Crippen LogP contribution in [0, 0.1) is 17.2 Å². The highest BCUT2D eigenvalue weighted by Gasteiger charge is 2.25. The van der Waals surface area contributed by atoms with Gasteiger partial charge in [0.15, 0.2) is 5.69 Å². The summed E-state index contributed by atoms with van der Waals surface area (Å²) in [4.78, 5) is 41.5. The molecule has 0 saturated carbocycles. The van der Waals surface area contributed by atoms with Crippen LogP contribution in [0.5, 0.6) is 0 Å². The maximum Gasteiger partial charge on any atom is 0.330 e. The van der Waals surface area contributed by atoms with Gasteiger partial charge in [0.25, 0.3) is 11.5 Å². The van der Waals surface area contributed by atoms with Gasteiger partial charge < -0.3 is 10.6 Å². The predicted octanol–water partition coefficient (Wildman–Crippen LogP) is 2.09. The second-order valence-corrected chi connectivity index (χ2v) is 7.00. The number of amides is 1. The van der Waals surface area contributed by atoms with Crippen LogP contribution in [0.4, 0.5) is 11.5 Å². The van der Waals surface area contributed by atoms with E-state index in [0.717, 1.165) is 6.42 Å². The van der Waals surface area contributed by atoms with Crippen molar-refractivity contribution in [1.82, 2.24) is 9.55 Å². The molecule has 0 aliphatic rings. The summed E-state index contributed by atoms with van der Waals surface area (Å²) in [5, 5.41) is 9.09. The Bertz CT molecular complexity index is 1010. The molecular formula is C20H25N5O3. The summed E-state index contributed by atoms with van der Waals surface area (Å²) in [6.45, 7) is 6.38. The van der Waals surface area contributed by atoms with Crippen molar-refractivity contribution in [2.24, 2.45) is 5.92 Å². The number of rotatable bonds is 7. The molecule has 1 heterocycles. The van der Waals surface area contributed by atoms with E-state index in [1.54, 1.807) is 18.2 Å². The zero-order chi connectivity index (χ0) is 20.8. The van der Waals surface area contributed by atoms with Gasteiger partial charge in [-0.2, -0.15) is 5.26 Å². The van der Waals surface area contributed by atoms with E-state index in [1.807, 2.05) is 26.8 Å². The van der Waals surface area contributed by atoms with Gasteiger partial charge in [0.1, 0.15) is 5.82 Å². The van der Waals surface area contributed by atoms with E-state index in [2.05, 4.69) is 4.98 Å². The molecule has 1 aromatic heterocycles. The molecule has 8 heteroatoms. The molecule has 0 aliphatic carbocycles. The van der Waals surface area contributed by atoms with Gasteiger partial charge in [-0.1, -0.05) is 33.3 Å². The van der Waals surface area contributed by atoms with Crippen LogP contribution in [-0.2, 0) is 6.54 Å². The number of hydrogen-bond acceptors (Lipinski definition) is 5. The highest BCUT2D eigenvalue weighted by molar-refractivity contribution is 6.07.